The lowest BCUT2D eigenvalue weighted by Crippen LogP contribution is -2.38. The molecule has 1 heterocycles. The highest BCUT2D eigenvalue weighted by Crippen LogP contribution is 2.16. The first-order chi connectivity index (χ1) is 8.49. The number of rotatable bonds is 1. The van der Waals surface area contributed by atoms with Gasteiger partial charge in [-0.1, -0.05) is 12.1 Å². The van der Waals surface area contributed by atoms with Crippen LogP contribution >= 0.6 is 0 Å². The van der Waals surface area contributed by atoms with E-state index < -0.39 is 0 Å². The second-order valence-electron chi connectivity index (χ2n) is 4.65. The molecule has 1 aromatic carbocycles. The van der Waals surface area contributed by atoms with E-state index in [9.17, 15) is 9.59 Å². The van der Waals surface area contributed by atoms with Crippen molar-refractivity contribution in [2.75, 3.05) is 18.9 Å². The SMILES string of the molecule is Cc1cccc(NC(=O)N2CC(C)N(C)C2=O)c1. The molecule has 1 N–H and O–H groups in total. The molecule has 0 aromatic heterocycles. The van der Waals surface area contributed by atoms with Crippen molar-refractivity contribution in [3.63, 3.8) is 0 Å². The molecule has 1 aromatic rings. The van der Waals surface area contributed by atoms with Crippen molar-refractivity contribution < 1.29 is 9.59 Å². The van der Waals surface area contributed by atoms with Crippen molar-refractivity contribution in [2.24, 2.45) is 0 Å². The number of carbonyl (C=O) groups excluding carboxylic acids is 2. The number of imide groups is 1. The van der Waals surface area contributed by atoms with Crippen LogP contribution in [0.4, 0.5) is 15.3 Å². The highest BCUT2D eigenvalue weighted by molar-refractivity contribution is 6.01. The molecule has 0 aliphatic carbocycles. The fraction of sp³-hybridized carbons (Fsp3) is 0.385. The van der Waals surface area contributed by atoms with Crippen LogP contribution in [0.5, 0.6) is 0 Å². The second-order valence-corrected chi connectivity index (χ2v) is 4.65. The van der Waals surface area contributed by atoms with Crippen LogP contribution in [0.25, 0.3) is 0 Å². The third kappa shape index (κ3) is 2.30. The van der Waals surface area contributed by atoms with Crippen LogP contribution in [-0.2, 0) is 0 Å². The number of nitrogens with zero attached hydrogens (tertiary/aromatic N) is 2. The number of hydrogen-bond donors (Lipinski definition) is 1. The zero-order chi connectivity index (χ0) is 13.3. The molecule has 0 spiro atoms. The minimum absolute atomic E-state index is 0.0563. The van der Waals surface area contributed by atoms with E-state index in [2.05, 4.69) is 5.32 Å². The largest absolute Gasteiger partial charge is 0.330 e. The van der Waals surface area contributed by atoms with Crippen molar-refractivity contribution in [1.29, 1.82) is 0 Å². The Morgan fingerprint density at radius 1 is 1.44 bits per heavy atom. The molecule has 5 heteroatoms. The van der Waals surface area contributed by atoms with Crippen molar-refractivity contribution in [1.82, 2.24) is 9.80 Å². The summed E-state index contributed by atoms with van der Waals surface area (Å²) in [4.78, 5) is 26.6. The highest BCUT2D eigenvalue weighted by atomic mass is 16.2. The number of carbonyl (C=O) groups is 2. The summed E-state index contributed by atoms with van der Waals surface area (Å²) in [7, 11) is 1.70. The van der Waals surface area contributed by atoms with Gasteiger partial charge in [0.25, 0.3) is 0 Å². The molecule has 18 heavy (non-hydrogen) atoms. The molecule has 1 aliphatic heterocycles. The van der Waals surface area contributed by atoms with Crippen LogP contribution in [0.3, 0.4) is 0 Å². The topological polar surface area (TPSA) is 52.7 Å². The first-order valence-electron chi connectivity index (χ1n) is 5.91. The normalized spacial score (nSPS) is 19.3. The van der Waals surface area contributed by atoms with Gasteiger partial charge in [-0.3, -0.25) is 0 Å². The molecule has 1 fully saturated rings. The van der Waals surface area contributed by atoms with E-state index in [4.69, 9.17) is 0 Å². The van der Waals surface area contributed by atoms with Gasteiger partial charge in [-0.2, -0.15) is 0 Å². The Bertz CT molecular complexity index is 487. The summed E-state index contributed by atoms with van der Waals surface area (Å²) in [5, 5.41) is 2.74. The number of aryl methyl sites for hydroxylation is 1. The van der Waals surface area contributed by atoms with Crippen molar-refractivity contribution >= 4 is 17.7 Å². The molecule has 4 amide bonds. The van der Waals surface area contributed by atoms with E-state index in [0.29, 0.717) is 12.2 Å². The first kappa shape index (κ1) is 12.4. The molecule has 96 valence electrons. The van der Waals surface area contributed by atoms with Gasteiger partial charge in [-0.15, -0.1) is 0 Å². The number of benzene rings is 1. The van der Waals surface area contributed by atoms with Gasteiger partial charge < -0.3 is 10.2 Å². The van der Waals surface area contributed by atoms with Gasteiger partial charge in [-0.05, 0) is 31.5 Å². The Morgan fingerprint density at radius 2 is 2.17 bits per heavy atom. The van der Waals surface area contributed by atoms with Crippen molar-refractivity contribution in [3.8, 4) is 0 Å². The van der Waals surface area contributed by atoms with Crippen molar-refractivity contribution in [2.45, 2.75) is 19.9 Å². The molecule has 1 unspecified atom stereocenters. The summed E-state index contributed by atoms with van der Waals surface area (Å²) in [6.07, 6.45) is 0. The smallest absolute Gasteiger partial charge is 0.323 e. The van der Waals surface area contributed by atoms with Crippen LogP contribution in [0.1, 0.15) is 12.5 Å². The van der Waals surface area contributed by atoms with Crippen LogP contribution in [0, 0.1) is 6.92 Å². The van der Waals surface area contributed by atoms with E-state index in [1.54, 1.807) is 18.0 Å². The Hall–Kier alpha value is -2.04. The number of anilines is 1. The number of nitrogens with one attached hydrogen (secondary N) is 1. The average Bonchev–Trinajstić information content (AvgIpc) is 2.57. The van der Waals surface area contributed by atoms with E-state index in [0.717, 1.165) is 5.56 Å². The zero-order valence-corrected chi connectivity index (χ0v) is 10.8. The van der Waals surface area contributed by atoms with Crippen LogP contribution in [-0.4, -0.2) is 41.5 Å². The molecule has 1 aliphatic rings. The molecular formula is C13H17N3O2. The van der Waals surface area contributed by atoms with E-state index in [-0.39, 0.29) is 18.1 Å². The molecule has 1 atom stereocenters. The van der Waals surface area contributed by atoms with Crippen LogP contribution in [0.2, 0.25) is 0 Å². The predicted octanol–water partition coefficient (Wildman–Crippen LogP) is 2.28. The van der Waals surface area contributed by atoms with Gasteiger partial charge in [0.2, 0.25) is 0 Å². The lowest BCUT2D eigenvalue weighted by Gasteiger charge is -2.15. The summed E-state index contributed by atoms with van der Waals surface area (Å²) in [5.41, 5.74) is 1.76. The maximum absolute atomic E-state index is 12.0. The lowest BCUT2D eigenvalue weighted by molar-refractivity contribution is 0.194. The summed E-state index contributed by atoms with van der Waals surface area (Å²) in [5.74, 6) is 0. The number of urea groups is 2. The zero-order valence-electron chi connectivity index (χ0n) is 10.8. The summed E-state index contributed by atoms with van der Waals surface area (Å²) in [6, 6.07) is 6.91. The standard InChI is InChI=1S/C13H17N3O2/c1-9-5-4-6-11(7-9)14-12(17)16-8-10(2)15(3)13(16)18/h4-7,10H,8H2,1-3H3,(H,14,17). The Balaban J connectivity index is 2.07. The maximum Gasteiger partial charge on any atom is 0.330 e. The van der Waals surface area contributed by atoms with Crippen LogP contribution in [0.15, 0.2) is 24.3 Å². The Labute approximate surface area is 106 Å². The van der Waals surface area contributed by atoms with Gasteiger partial charge in [0.15, 0.2) is 0 Å². The third-order valence-corrected chi connectivity index (χ3v) is 3.16. The van der Waals surface area contributed by atoms with Gasteiger partial charge in [0.05, 0.1) is 6.54 Å². The van der Waals surface area contributed by atoms with Gasteiger partial charge >= 0.3 is 12.1 Å². The fourth-order valence-corrected chi connectivity index (χ4v) is 1.93. The first-order valence-corrected chi connectivity index (χ1v) is 5.91. The molecular weight excluding hydrogens is 230 g/mol. The quantitative estimate of drug-likeness (QED) is 0.827. The monoisotopic (exact) mass is 247 g/mol. The summed E-state index contributed by atoms with van der Waals surface area (Å²) >= 11 is 0. The van der Waals surface area contributed by atoms with E-state index >= 15 is 0 Å². The molecule has 2 rings (SSSR count). The molecule has 0 saturated carbocycles. The van der Waals surface area contributed by atoms with Crippen LogP contribution < -0.4 is 5.32 Å². The van der Waals surface area contributed by atoms with Crippen molar-refractivity contribution in [3.05, 3.63) is 29.8 Å². The molecule has 0 radical (unpaired) electrons. The number of likely N-dealkylation sites (N-methyl/N-ethyl adjacent to an activating group) is 1. The second kappa shape index (κ2) is 4.68. The Morgan fingerprint density at radius 3 is 2.72 bits per heavy atom. The molecule has 0 bridgehead atoms. The third-order valence-electron chi connectivity index (χ3n) is 3.16. The van der Waals surface area contributed by atoms with E-state index in [1.165, 1.54) is 4.90 Å². The number of amides is 4. The fourth-order valence-electron chi connectivity index (χ4n) is 1.93. The predicted molar refractivity (Wildman–Crippen MR) is 69.5 cm³/mol. The maximum atomic E-state index is 12.0. The highest BCUT2D eigenvalue weighted by Gasteiger charge is 2.35. The average molecular weight is 247 g/mol. The lowest BCUT2D eigenvalue weighted by atomic mass is 10.2. The number of hydrogen-bond acceptors (Lipinski definition) is 2. The summed E-state index contributed by atoms with van der Waals surface area (Å²) in [6.45, 7) is 4.29. The molecule has 5 nitrogen and oxygen atoms in total. The molecule has 1 saturated heterocycles. The van der Waals surface area contributed by atoms with E-state index in [1.807, 2.05) is 32.0 Å². The minimum atomic E-state index is -0.373. The van der Waals surface area contributed by atoms with Gasteiger partial charge in [0.1, 0.15) is 0 Å². The van der Waals surface area contributed by atoms with Gasteiger partial charge in [0, 0.05) is 18.8 Å². The summed E-state index contributed by atoms with van der Waals surface area (Å²) < 4.78 is 0. The van der Waals surface area contributed by atoms with Gasteiger partial charge in [-0.25, -0.2) is 14.5 Å². The minimum Gasteiger partial charge on any atom is -0.323 e. The Kier molecular flexibility index (Phi) is 3.23.